The van der Waals surface area contributed by atoms with Gasteiger partial charge in [-0.25, -0.2) is 0 Å². The smallest absolute Gasteiger partial charge is 0.118 e. The zero-order chi connectivity index (χ0) is 21.3. The Morgan fingerprint density at radius 1 is 0.724 bits per heavy atom. The van der Waals surface area contributed by atoms with Crippen molar-refractivity contribution in [2.45, 2.75) is 70.6 Å². The van der Waals surface area contributed by atoms with Crippen molar-refractivity contribution in [2.24, 2.45) is 0 Å². The van der Waals surface area contributed by atoms with Crippen LogP contribution >= 0.6 is 0 Å². The fourth-order valence-electron chi connectivity index (χ4n) is 3.72. The van der Waals surface area contributed by atoms with Gasteiger partial charge in [0, 0.05) is 5.41 Å². The third-order valence-electron chi connectivity index (χ3n) is 5.81. The van der Waals surface area contributed by atoms with Gasteiger partial charge < -0.3 is 10.2 Å². The van der Waals surface area contributed by atoms with Crippen LogP contribution in [0.25, 0.3) is 0 Å². The standard InChI is InChI=1S/C27H36O2/c1-5-7-9-11-13-21-19-23(15-17-25(21)28)27(3,4)24-16-18-26(29)22(20-24)14-12-10-8-6-2/h5-6,15-20,28-29H,1-2,7-14H2,3-4H3. The summed E-state index contributed by atoms with van der Waals surface area (Å²) in [5, 5.41) is 20.6. The Kier molecular flexibility index (Phi) is 8.57. The third kappa shape index (κ3) is 6.25. The van der Waals surface area contributed by atoms with Crippen molar-refractivity contribution >= 4 is 0 Å². The normalized spacial score (nSPS) is 11.4. The Morgan fingerprint density at radius 3 is 1.52 bits per heavy atom. The molecule has 2 aromatic carbocycles. The maximum Gasteiger partial charge on any atom is 0.118 e. The molecule has 156 valence electrons. The van der Waals surface area contributed by atoms with Gasteiger partial charge in [0.25, 0.3) is 0 Å². The van der Waals surface area contributed by atoms with Crippen molar-refractivity contribution in [1.82, 2.24) is 0 Å². The molecule has 2 rings (SSSR count). The van der Waals surface area contributed by atoms with Crippen LogP contribution in [-0.4, -0.2) is 10.2 Å². The summed E-state index contributed by atoms with van der Waals surface area (Å²) in [7, 11) is 0. The van der Waals surface area contributed by atoms with Crippen molar-refractivity contribution in [1.29, 1.82) is 0 Å². The van der Waals surface area contributed by atoms with Crippen LogP contribution in [0.15, 0.2) is 61.7 Å². The Hall–Kier alpha value is -2.48. The largest absolute Gasteiger partial charge is 0.508 e. The summed E-state index contributed by atoms with van der Waals surface area (Å²) in [6.45, 7) is 12.0. The maximum atomic E-state index is 10.3. The Morgan fingerprint density at radius 2 is 1.14 bits per heavy atom. The van der Waals surface area contributed by atoms with Gasteiger partial charge in [-0.05, 0) is 85.8 Å². The topological polar surface area (TPSA) is 40.5 Å². The lowest BCUT2D eigenvalue weighted by Gasteiger charge is -2.28. The quantitative estimate of drug-likeness (QED) is 0.296. The summed E-state index contributed by atoms with van der Waals surface area (Å²) in [5.41, 5.74) is 4.15. The second-order valence-corrected chi connectivity index (χ2v) is 8.38. The van der Waals surface area contributed by atoms with E-state index in [0.29, 0.717) is 11.5 Å². The van der Waals surface area contributed by atoms with Crippen LogP contribution in [0, 0.1) is 0 Å². The van der Waals surface area contributed by atoms with E-state index in [1.807, 2.05) is 36.4 Å². The summed E-state index contributed by atoms with van der Waals surface area (Å²) in [4.78, 5) is 0. The molecule has 0 aliphatic carbocycles. The van der Waals surface area contributed by atoms with Gasteiger partial charge in [-0.2, -0.15) is 0 Å². The van der Waals surface area contributed by atoms with Crippen molar-refractivity contribution in [2.75, 3.05) is 0 Å². The predicted molar refractivity (Wildman–Crippen MR) is 124 cm³/mol. The molecular formula is C27H36O2. The minimum Gasteiger partial charge on any atom is -0.508 e. The highest BCUT2D eigenvalue weighted by Crippen LogP contribution is 2.36. The van der Waals surface area contributed by atoms with Crippen LogP contribution in [0.2, 0.25) is 0 Å². The average molecular weight is 393 g/mol. The first-order valence-corrected chi connectivity index (χ1v) is 10.8. The number of unbranched alkanes of at least 4 members (excludes halogenated alkanes) is 4. The number of hydrogen-bond donors (Lipinski definition) is 2. The lowest BCUT2D eigenvalue weighted by atomic mass is 9.76. The first kappa shape index (κ1) is 22.8. The molecule has 0 aliphatic rings. The van der Waals surface area contributed by atoms with Gasteiger partial charge in [-0.3, -0.25) is 0 Å². The molecule has 0 aromatic heterocycles. The number of hydrogen-bond acceptors (Lipinski definition) is 2. The maximum absolute atomic E-state index is 10.3. The van der Waals surface area contributed by atoms with E-state index in [9.17, 15) is 10.2 Å². The third-order valence-corrected chi connectivity index (χ3v) is 5.81. The minimum absolute atomic E-state index is 0.215. The molecule has 2 heteroatoms. The SMILES string of the molecule is C=CCCCCc1cc(C(C)(C)c2ccc(O)c(CCCCC=C)c2)ccc1O. The fourth-order valence-corrected chi connectivity index (χ4v) is 3.72. The molecule has 0 saturated carbocycles. The highest BCUT2D eigenvalue weighted by atomic mass is 16.3. The van der Waals surface area contributed by atoms with Crippen LogP contribution in [0.3, 0.4) is 0 Å². The van der Waals surface area contributed by atoms with Gasteiger partial charge in [0.2, 0.25) is 0 Å². The molecule has 0 bridgehead atoms. The number of aryl methyl sites for hydroxylation is 2. The molecule has 0 unspecified atom stereocenters. The molecule has 2 nitrogen and oxygen atoms in total. The zero-order valence-electron chi connectivity index (χ0n) is 18.1. The Balaban J connectivity index is 2.22. The molecule has 0 fully saturated rings. The molecule has 0 atom stereocenters. The number of benzene rings is 2. The Bertz CT molecular complexity index is 750. The average Bonchev–Trinajstić information content (AvgIpc) is 2.70. The van der Waals surface area contributed by atoms with Crippen LogP contribution in [0.4, 0.5) is 0 Å². The molecule has 0 aliphatic heterocycles. The predicted octanol–water partition coefficient (Wildman–Crippen LogP) is 7.22. The van der Waals surface area contributed by atoms with E-state index in [4.69, 9.17) is 0 Å². The van der Waals surface area contributed by atoms with Crippen molar-refractivity contribution < 1.29 is 10.2 Å². The van der Waals surface area contributed by atoms with Crippen LogP contribution in [-0.2, 0) is 18.3 Å². The minimum atomic E-state index is -0.215. The van der Waals surface area contributed by atoms with Crippen molar-refractivity contribution in [3.63, 3.8) is 0 Å². The van der Waals surface area contributed by atoms with E-state index in [-0.39, 0.29) is 5.41 Å². The van der Waals surface area contributed by atoms with Crippen LogP contribution in [0.5, 0.6) is 11.5 Å². The lowest BCUT2D eigenvalue weighted by Crippen LogP contribution is -2.19. The van der Waals surface area contributed by atoms with Gasteiger partial charge in [-0.15, -0.1) is 13.2 Å². The summed E-state index contributed by atoms with van der Waals surface area (Å²) in [5.74, 6) is 0.744. The van der Waals surface area contributed by atoms with Crippen LogP contribution < -0.4 is 0 Å². The van der Waals surface area contributed by atoms with E-state index in [1.165, 1.54) is 11.1 Å². The molecule has 0 radical (unpaired) electrons. The van der Waals surface area contributed by atoms with Crippen molar-refractivity contribution in [3.05, 3.63) is 84.0 Å². The number of phenolic OH excluding ortho intramolecular Hbond substituents is 2. The molecular weight excluding hydrogens is 356 g/mol. The first-order chi connectivity index (χ1) is 13.9. The van der Waals surface area contributed by atoms with E-state index in [0.717, 1.165) is 62.5 Å². The highest BCUT2D eigenvalue weighted by molar-refractivity contribution is 5.47. The number of phenols is 2. The molecule has 29 heavy (non-hydrogen) atoms. The van der Waals surface area contributed by atoms with Gasteiger partial charge in [0.1, 0.15) is 11.5 Å². The molecule has 0 heterocycles. The van der Waals surface area contributed by atoms with E-state index in [2.05, 4.69) is 39.1 Å². The number of rotatable bonds is 12. The molecule has 0 amide bonds. The van der Waals surface area contributed by atoms with E-state index in [1.54, 1.807) is 0 Å². The Labute approximate surface area is 176 Å². The molecule has 2 aromatic rings. The molecule has 2 N–H and O–H groups in total. The molecule has 0 saturated heterocycles. The second kappa shape index (κ2) is 10.9. The second-order valence-electron chi connectivity index (χ2n) is 8.38. The summed E-state index contributed by atoms with van der Waals surface area (Å²) in [6, 6.07) is 11.9. The van der Waals surface area contributed by atoms with Gasteiger partial charge in [-0.1, -0.05) is 50.3 Å². The zero-order valence-corrected chi connectivity index (χ0v) is 18.1. The van der Waals surface area contributed by atoms with Crippen molar-refractivity contribution in [3.8, 4) is 11.5 Å². The monoisotopic (exact) mass is 392 g/mol. The van der Waals surface area contributed by atoms with Gasteiger partial charge >= 0.3 is 0 Å². The van der Waals surface area contributed by atoms with Gasteiger partial charge in [0.15, 0.2) is 0 Å². The summed E-state index contributed by atoms with van der Waals surface area (Å²) in [6.07, 6.45) is 11.9. The van der Waals surface area contributed by atoms with Crippen LogP contribution in [0.1, 0.15) is 74.6 Å². The fraction of sp³-hybridized carbons (Fsp3) is 0.407. The first-order valence-electron chi connectivity index (χ1n) is 10.8. The number of aromatic hydroxyl groups is 2. The van der Waals surface area contributed by atoms with E-state index >= 15 is 0 Å². The highest BCUT2D eigenvalue weighted by Gasteiger charge is 2.25. The summed E-state index contributed by atoms with van der Waals surface area (Å²) < 4.78 is 0. The lowest BCUT2D eigenvalue weighted by molar-refractivity contribution is 0.464. The molecule has 0 spiro atoms. The van der Waals surface area contributed by atoms with E-state index < -0.39 is 0 Å². The summed E-state index contributed by atoms with van der Waals surface area (Å²) >= 11 is 0. The number of allylic oxidation sites excluding steroid dienone is 2. The van der Waals surface area contributed by atoms with Gasteiger partial charge in [0.05, 0.1) is 0 Å².